The summed E-state index contributed by atoms with van der Waals surface area (Å²) < 4.78 is 10.5. The average Bonchev–Trinajstić information content (AvgIpc) is 3.30. The number of carbonyl (C=O) groups excluding carboxylic acids is 3. The van der Waals surface area contributed by atoms with Crippen molar-refractivity contribution < 1.29 is 23.5 Å². The number of rotatable bonds is 7. The molecule has 2 N–H and O–H groups in total. The predicted octanol–water partition coefficient (Wildman–Crippen LogP) is 0.235. The number of carbonyl (C=O) groups is 3. The molecule has 0 radical (unpaired) electrons. The van der Waals surface area contributed by atoms with Crippen LogP contribution in [0.15, 0.2) is 16.5 Å². The van der Waals surface area contributed by atoms with Gasteiger partial charge in [0.05, 0.1) is 19.1 Å². The van der Waals surface area contributed by atoms with Crippen LogP contribution < -0.4 is 10.6 Å². The van der Waals surface area contributed by atoms with Gasteiger partial charge in [-0.2, -0.15) is 0 Å². The van der Waals surface area contributed by atoms with Gasteiger partial charge in [0, 0.05) is 19.1 Å². The molecule has 3 rings (SSSR count). The van der Waals surface area contributed by atoms with E-state index in [0.29, 0.717) is 39.2 Å². The van der Waals surface area contributed by atoms with E-state index in [0.717, 1.165) is 11.5 Å². The zero-order valence-corrected chi connectivity index (χ0v) is 15.7. The summed E-state index contributed by atoms with van der Waals surface area (Å²) in [4.78, 5) is 39.6. The van der Waals surface area contributed by atoms with Crippen LogP contribution in [-0.4, -0.2) is 72.6 Å². The normalized spacial score (nSPS) is 22.7. The van der Waals surface area contributed by atoms with Crippen molar-refractivity contribution in [3.8, 4) is 0 Å². The third-order valence-electron chi connectivity index (χ3n) is 4.76. The molecule has 2 atom stereocenters. The Bertz CT molecular complexity index is 704. The first-order valence-corrected chi connectivity index (χ1v) is 9.24. The standard InChI is InChI=1S/C18H26N4O5/c1-3-19-17(24)15-8-13(9-22(15)10-14-5-4-12(2)27-14)20-16(23)11-21-6-7-26-18(21)25/h4-5,13,15H,3,6-11H2,1-2H3,(H,19,24)(H,20,23)/t13-,15+/m1/s1. The zero-order valence-electron chi connectivity index (χ0n) is 15.7. The van der Waals surface area contributed by atoms with Crippen LogP contribution >= 0.6 is 0 Å². The van der Waals surface area contributed by atoms with Crippen molar-refractivity contribution in [3.05, 3.63) is 23.7 Å². The summed E-state index contributed by atoms with van der Waals surface area (Å²) in [5.74, 6) is 1.31. The quantitative estimate of drug-likeness (QED) is 0.704. The topological polar surface area (TPSA) is 104 Å². The Morgan fingerprint density at radius 3 is 2.78 bits per heavy atom. The van der Waals surface area contributed by atoms with E-state index in [1.165, 1.54) is 4.90 Å². The van der Waals surface area contributed by atoms with Gasteiger partial charge in [-0.05, 0) is 32.4 Å². The highest BCUT2D eigenvalue weighted by Gasteiger charge is 2.38. The Balaban J connectivity index is 1.60. The Morgan fingerprint density at radius 2 is 2.15 bits per heavy atom. The Labute approximate surface area is 158 Å². The van der Waals surface area contributed by atoms with Gasteiger partial charge in [0.2, 0.25) is 11.8 Å². The maximum atomic E-state index is 12.4. The van der Waals surface area contributed by atoms with Crippen LogP contribution in [0, 0.1) is 6.92 Å². The van der Waals surface area contributed by atoms with Crippen LogP contribution in [-0.2, 0) is 20.9 Å². The van der Waals surface area contributed by atoms with Gasteiger partial charge in [0.25, 0.3) is 0 Å². The van der Waals surface area contributed by atoms with Crippen LogP contribution in [0.2, 0.25) is 0 Å². The molecule has 3 heterocycles. The lowest BCUT2D eigenvalue weighted by molar-refractivity contribution is -0.126. The molecule has 27 heavy (non-hydrogen) atoms. The molecular formula is C18H26N4O5. The third kappa shape index (κ3) is 4.79. The molecule has 0 aromatic carbocycles. The van der Waals surface area contributed by atoms with E-state index in [2.05, 4.69) is 10.6 Å². The van der Waals surface area contributed by atoms with Crippen LogP contribution in [0.3, 0.4) is 0 Å². The third-order valence-corrected chi connectivity index (χ3v) is 4.76. The first kappa shape index (κ1) is 19.2. The molecule has 148 valence electrons. The molecule has 2 saturated heterocycles. The lowest BCUT2D eigenvalue weighted by Gasteiger charge is -2.22. The zero-order chi connectivity index (χ0) is 19.4. The minimum atomic E-state index is -0.466. The number of hydrogen-bond donors (Lipinski definition) is 2. The first-order chi connectivity index (χ1) is 13.0. The molecule has 1 aromatic heterocycles. The van der Waals surface area contributed by atoms with Crippen LogP contribution in [0.5, 0.6) is 0 Å². The van der Waals surface area contributed by atoms with Crippen molar-refractivity contribution in [2.45, 2.75) is 38.9 Å². The minimum absolute atomic E-state index is 0.0292. The molecule has 2 fully saturated rings. The molecule has 0 aliphatic carbocycles. The van der Waals surface area contributed by atoms with Gasteiger partial charge >= 0.3 is 6.09 Å². The highest BCUT2D eigenvalue weighted by Crippen LogP contribution is 2.22. The number of hydrogen-bond acceptors (Lipinski definition) is 6. The molecule has 0 spiro atoms. The van der Waals surface area contributed by atoms with E-state index < -0.39 is 6.09 Å². The fourth-order valence-electron chi connectivity index (χ4n) is 3.53. The van der Waals surface area contributed by atoms with E-state index in [4.69, 9.17) is 9.15 Å². The highest BCUT2D eigenvalue weighted by molar-refractivity contribution is 5.84. The second kappa shape index (κ2) is 8.43. The van der Waals surface area contributed by atoms with Gasteiger partial charge in [0.1, 0.15) is 24.7 Å². The van der Waals surface area contributed by atoms with Gasteiger partial charge in [-0.1, -0.05) is 0 Å². The summed E-state index contributed by atoms with van der Waals surface area (Å²) in [6.45, 7) is 6.05. The molecule has 1 aromatic rings. The van der Waals surface area contributed by atoms with E-state index in [-0.39, 0.29) is 30.4 Å². The van der Waals surface area contributed by atoms with E-state index in [9.17, 15) is 14.4 Å². The largest absolute Gasteiger partial charge is 0.465 e. The summed E-state index contributed by atoms with van der Waals surface area (Å²) in [6, 6.07) is 3.29. The van der Waals surface area contributed by atoms with Crippen molar-refractivity contribution in [3.63, 3.8) is 0 Å². The minimum Gasteiger partial charge on any atom is -0.465 e. The monoisotopic (exact) mass is 378 g/mol. The SMILES string of the molecule is CCNC(=O)[C@@H]1C[C@@H](NC(=O)CN2CCOC2=O)CN1Cc1ccc(C)o1. The predicted molar refractivity (Wildman–Crippen MR) is 95.8 cm³/mol. The van der Waals surface area contributed by atoms with Crippen LogP contribution in [0.1, 0.15) is 24.9 Å². The molecule has 9 nitrogen and oxygen atoms in total. The molecule has 0 bridgehead atoms. The fraction of sp³-hybridized carbons (Fsp3) is 0.611. The molecule has 2 aliphatic rings. The molecular weight excluding hydrogens is 352 g/mol. The summed E-state index contributed by atoms with van der Waals surface area (Å²) >= 11 is 0. The number of ether oxygens (including phenoxy) is 1. The maximum Gasteiger partial charge on any atom is 0.410 e. The van der Waals surface area contributed by atoms with Crippen LogP contribution in [0.4, 0.5) is 4.79 Å². The van der Waals surface area contributed by atoms with Gasteiger partial charge in [-0.3, -0.25) is 19.4 Å². The van der Waals surface area contributed by atoms with E-state index >= 15 is 0 Å². The molecule has 2 aliphatic heterocycles. The lowest BCUT2D eigenvalue weighted by atomic mass is 10.1. The lowest BCUT2D eigenvalue weighted by Crippen LogP contribution is -2.43. The average molecular weight is 378 g/mol. The van der Waals surface area contributed by atoms with Crippen molar-refractivity contribution in [2.24, 2.45) is 0 Å². The van der Waals surface area contributed by atoms with Crippen molar-refractivity contribution in [2.75, 3.05) is 32.8 Å². The molecule has 3 amide bonds. The first-order valence-electron chi connectivity index (χ1n) is 9.24. The second-order valence-corrected chi connectivity index (χ2v) is 6.89. The number of furan rings is 1. The van der Waals surface area contributed by atoms with Crippen molar-refractivity contribution in [1.82, 2.24) is 20.4 Å². The van der Waals surface area contributed by atoms with Gasteiger partial charge in [0.15, 0.2) is 0 Å². The summed E-state index contributed by atoms with van der Waals surface area (Å²) in [5, 5.41) is 5.79. The number of nitrogens with zero attached hydrogens (tertiary/aromatic N) is 2. The summed E-state index contributed by atoms with van der Waals surface area (Å²) in [7, 11) is 0. The Morgan fingerprint density at radius 1 is 1.33 bits per heavy atom. The van der Waals surface area contributed by atoms with E-state index in [1.54, 1.807) is 0 Å². The van der Waals surface area contributed by atoms with Crippen molar-refractivity contribution >= 4 is 17.9 Å². The number of cyclic esters (lactones) is 1. The Kier molecular flexibility index (Phi) is 6.00. The second-order valence-electron chi connectivity index (χ2n) is 6.89. The van der Waals surface area contributed by atoms with E-state index in [1.807, 2.05) is 30.9 Å². The van der Waals surface area contributed by atoms with Gasteiger partial charge < -0.3 is 19.8 Å². The smallest absolute Gasteiger partial charge is 0.410 e. The van der Waals surface area contributed by atoms with Crippen molar-refractivity contribution in [1.29, 1.82) is 0 Å². The fourth-order valence-corrected chi connectivity index (χ4v) is 3.53. The number of likely N-dealkylation sites (tertiary alicyclic amines) is 1. The maximum absolute atomic E-state index is 12.4. The number of aryl methyl sites for hydroxylation is 1. The van der Waals surface area contributed by atoms with Crippen LogP contribution in [0.25, 0.3) is 0 Å². The number of amides is 3. The number of nitrogens with one attached hydrogen (secondary N) is 2. The molecule has 0 saturated carbocycles. The molecule has 0 unspecified atom stereocenters. The summed E-state index contributed by atoms with van der Waals surface area (Å²) in [6.07, 6.45) is 0.0495. The molecule has 9 heteroatoms. The number of likely N-dealkylation sites (N-methyl/N-ethyl adjacent to an activating group) is 1. The Hall–Kier alpha value is -2.55. The van der Waals surface area contributed by atoms with Gasteiger partial charge in [-0.25, -0.2) is 4.79 Å². The summed E-state index contributed by atoms with van der Waals surface area (Å²) in [5.41, 5.74) is 0. The highest BCUT2D eigenvalue weighted by atomic mass is 16.6. The van der Waals surface area contributed by atoms with Gasteiger partial charge in [-0.15, -0.1) is 0 Å².